The fraction of sp³-hybridized carbons (Fsp3) is 0.364. The topological polar surface area (TPSA) is 74.6 Å². The van der Waals surface area contributed by atoms with Crippen molar-refractivity contribution >= 4 is 17.2 Å². The smallest absolute Gasteiger partial charge is 0.406 e. The van der Waals surface area contributed by atoms with Crippen molar-refractivity contribution in [3.8, 4) is 16.3 Å². The molecular weight excluding hydrogens is 459 g/mol. The van der Waals surface area contributed by atoms with Crippen LogP contribution in [0, 0.1) is 0 Å². The van der Waals surface area contributed by atoms with E-state index in [-0.39, 0.29) is 11.7 Å². The normalized spacial score (nSPS) is 16.5. The van der Waals surface area contributed by atoms with Crippen molar-refractivity contribution in [3.05, 3.63) is 59.1 Å². The first-order valence-corrected chi connectivity index (χ1v) is 11.2. The third-order valence-corrected chi connectivity index (χ3v) is 6.04. The second-order valence-corrected chi connectivity index (χ2v) is 8.50. The van der Waals surface area contributed by atoms with Crippen molar-refractivity contribution in [2.45, 2.75) is 44.9 Å². The molecule has 1 amide bonds. The van der Waals surface area contributed by atoms with Gasteiger partial charge in [0.05, 0.1) is 9.75 Å². The average Bonchev–Trinajstić information content (AvgIpc) is 3.46. The highest BCUT2D eigenvalue weighted by Crippen LogP contribution is 2.27. The molecule has 3 heterocycles. The van der Waals surface area contributed by atoms with Gasteiger partial charge in [-0.25, -0.2) is 10.3 Å². The van der Waals surface area contributed by atoms with Crippen LogP contribution in [0.3, 0.4) is 0 Å². The Labute approximate surface area is 192 Å². The van der Waals surface area contributed by atoms with E-state index in [2.05, 4.69) is 15.3 Å². The van der Waals surface area contributed by atoms with Crippen LogP contribution < -0.4 is 10.2 Å². The zero-order valence-corrected chi connectivity index (χ0v) is 18.3. The molecule has 1 atom stereocenters. The average molecular weight is 481 g/mol. The summed E-state index contributed by atoms with van der Waals surface area (Å²) < 4.78 is 47.8. The van der Waals surface area contributed by atoms with E-state index >= 15 is 0 Å². The number of amides is 1. The molecule has 1 fully saturated rings. The molecule has 176 valence electrons. The van der Waals surface area contributed by atoms with Crippen LogP contribution in [0.15, 0.2) is 48.7 Å². The Morgan fingerprint density at radius 3 is 2.73 bits per heavy atom. The van der Waals surface area contributed by atoms with E-state index in [1.807, 2.05) is 18.3 Å². The third kappa shape index (κ3) is 6.80. The van der Waals surface area contributed by atoms with Crippen molar-refractivity contribution in [1.29, 1.82) is 0 Å². The maximum atomic E-state index is 12.3. The van der Waals surface area contributed by atoms with Gasteiger partial charge in [-0.2, -0.15) is 5.10 Å². The summed E-state index contributed by atoms with van der Waals surface area (Å²) in [6, 6.07) is 11.2. The number of carbonyl (C=O) groups excluding carboxylic acids is 1. The van der Waals surface area contributed by atoms with Crippen LogP contribution in [0.25, 0.3) is 10.6 Å². The summed E-state index contributed by atoms with van der Waals surface area (Å²) in [7, 11) is 0. The molecule has 1 aromatic carbocycles. The minimum atomic E-state index is -4.70. The largest absolute Gasteiger partial charge is 0.573 e. The number of aromatic nitrogens is 2. The van der Waals surface area contributed by atoms with Crippen LogP contribution in [-0.2, 0) is 22.5 Å². The maximum Gasteiger partial charge on any atom is 0.573 e. The van der Waals surface area contributed by atoms with E-state index in [9.17, 15) is 18.0 Å². The lowest BCUT2D eigenvalue weighted by atomic mass is 10.1. The van der Waals surface area contributed by atoms with Gasteiger partial charge in [-0.1, -0.05) is 12.1 Å². The van der Waals surface area contributed by atoms with Crippen LogP contribution >= 0.6 is 11.3 Å². The molecule has 3 aromatic rings. The number of hydrogen-bond donors (Lipinski definition) is 1. The van der Waals surface area contributed by atoms with Crippen LogP contribution in [-0.4, -0.2) is 34.9 Å². The number of benzene rings is 1. The van der Waals surface area contributed by atoms with Gasteiger partial charge in [-0.3, -0.25) is 9.48 Å². The molecular formula is C22H22F3N3O4S. The number of hydrogen-bond acceptors (Lipinski definition) is 6. The molecule has 1 aliphatic rings. The van der Waals surface area contributed by atoms with Crippen LogP contribution in [0.4, 0.5) is 13.2 Å². The monoisotopic (exact) mass is 481 g/mol. The molecule has 7 nitrogen and oxygen atoms in total. The molecule has 1 aliphatic heterocycles. The Balaban J connectivity index is 1.28. The van der Waals surface area contributed by atoms with Gasteiger partial charge >= 0.3 is 6.36 Å². The zero-order chi connectivity index (χ0) is 23.3. The van der Waals surface area contributed by atoms with E-state index in [1.165, 1.54) is 23.5 Å². The third-order valence-electron chi connectivity index (χ3n) is 4.93. The molecule has 2 aromatic heterocycles. The SMILES string of the molecule is O=C(NO[C@H]1CCCCO1)c1ccc(-c2ccn(CCc3ccc(OC(F)(F)F)cc3)n2)s1. The van der Waals surface area contributed by atoms with Gasteiger partial charge in [0, 0.05) is 25.8 Å². The highest BCUT2D eigenvalue weighted by Gasteiger charge is 2.30. The Bertz CT molecular complexity index is 1060. The first-order chi connectivity index (χ1) is 15.9. The van der Waals surface area contributed by atoms with Crippen molar-refractivity contribution in [2.24, 2.45) is 0 Å². The van der Waals surface area contributed by atoms with Gasteiger partial charge in [0.15, 0.2) is 6.29 Å². The molecule has 0 saturated carbocycles. The molecule has 0 aliphatic carbocycles. The zero-order valence-electron chi connectivity index (χ0n) is 17.5. The number of aryl methyl sites for hydroxylation is 2. The van der Waals surface area contributed by atoms with Crippen LogP contribution in [0.2, 0.25) is 0 Å². The first-order valence-electron chi connectivity index (χ1n) is 10.4. The number of thiophene rings is 1. The van der Waals surface area contributed by atoms with Crippen molar-refractivity contribution in [1.82, 2.24) is 15.3 Å². The van der Waals surface area contributed by atoms with Gasteiger partial charge < -0.3 is 9.47 Å². The Kier molecular flexibility index (Phi) is 7.31. The van der Waals surface area contributed by atoms with E-state index in [0.29, 0.717) is 24.4 Å². The first kappa shape index (κ1) is 23.3. The number of alkyl halides is 3. The fourth-order valence-electron chi connectivity index (χ4n) is 3.29. The predicted molar refractivity (Wildman–Crippen MR) is 115 cm³/mol. The van der Waals surface area contributed by atoms with Gasteiger partial charge in [0.1, 0.15) is 11.4 Å². The summed E-state index contributed by atoms with van der Waals surface area (Å²) in [5.41, 5.74) is 4.03. The van der Waals surface area contributed by atoms with Crippen molar-refractivity contribution in [2.75, 3.05) is 6.61 Å². The van der Waals surface area contributed by atoms with E-state index < -0.39 is 12.7 Å². The number of halogens is 3. The molecule has 1 N–H and O–H groups in total. The second kappa shape index (κ2) is 10.4. The van der Waals surface area contributed by atoms with Gasteiger partial charge in [-0.15, -0.1) is 24.5 Å². The molecule has 1 saturated heterocycles. The number of nitrogens with one attached hydrogen (secondary N) is 1. The minimum Gasteiger partial charge on any atom is -0.406 e. The lowest BCUT2D eigenvalue weighted by molar-refractivity contribution is -0.274. The summed E-state index contributed by atoms with van der Waals surface area (Å²) in [6.07, 6.45) is 0.0461. The Hall–Kier alpha value is -2.89. The van der Waals surface area contributed by atoms with Gasteiger partial charge in [0.2, 0.25) is 0 Å². The summed E-state index contributed by atoms with van der Waals surface area (Å²) >= 11 is 1.30. The molecule has 11 heteroatoms. The number of hydroxylamine groups is 1. The number of nitrogens with zero attached hydrogens (tertiary/aromatic N) is 2. The second-order valence-electron chi connectivity index (χ2n) is 7.41. The lowest BCUT2D eigenvalue weighted by Gasteiger charge is -2.21. The predicted octanol–water partition coefficient (Wildman–Crippen LogP) is 4.94. The summed E-state index contributed by atoms with van der Waals surface area (Å²) in [5, 5.41) is 4.52. The molecule has 0 unspecified atom stereocenters. The number of carbonyl (C=O) groups is 1. The molecule has 4 rings (SSSR count). The van der Waals surface area contributed by atoms with E-state index in [4.69, 9.17) is 9.57 Å². The van der Waals surface area contributed by atoms with Crippen molar-refractivity contribution < 1.29 is 32.3 Å². The van der Waals surface area contributed by atoms with Crippen molar-refractivity contribution in [3.63, 3.8) is 0 Å². The molecule has 0 radical (unpaired) electrons. The Morgan fingerprint density at radius 1 is 1.18 bits per heavy atom. The molecule has 33 heavy (non-hydrogen) atoms. The molecule has 0 bridgehead atoms. The summed E-state index contributed by atoms with van der Waals surface area (Å²) in [5.74, 6) is -0.584. The quantitative estimate of drug-likeness (QED) is 0.462. The standard InChI is InChI=1S/C22H22F3N3O4S/c23-22(24,25)31-16-6-4-15(5-7-16)10-12-28-13-11-17(26-28)18-8-9-19(33-18)21(29)27-32-20-3-1-2-14-30-20/h4-9,11,13,20H,1-3,10,12,14H2,(H,27,29)/t20-/m0/s1. The number of ether oxygens (including phenoxy) is 2. The van der Waals surface area contributed by atoms with Crippen LogP contribution in [0.1, 0.15) is 34.5 Å². The summed E-state index contributed by atoms with van der Waals surface area (Å²) in [6.45, 7) is 1.18. The number of rotatable bonds is 8. The summed E-state index contributed by atoms with van der Waals surface area (Å²) in [4.78, 5) is 19.0. The molecule has 0 spiro atoms. The van der Waals surface area contributed by atoms with Gasteiger partial charge in [-0.05, 0) is 55.2 Å². The maximum absolute atomic E-state index is 12.3. The fourth-order valence-corrected chi connectivity index (χ4v) is 4.15. The Morgan fingerprint density at radius 2 is 2.00 bits per heavy atom. The minimum absolute atomic E-state index is 0.248. The highest BCUT2D eigenvalue weighted by atomic mass is 32.1. The van der Waals surface area contributed by atoms with E-state index in [0.717, 1.165) is 35.4 Å². The van der Waals surface area contributed by atoms with E-state index in [1.54, 1.807) is 22.9 Å². The lowest BCUT2D eigenvalue weighted by Crippen LogP contribution is -2.32. The van der Waals surface area contributed by atoms with Crippen LogP contribution in [0.5, 0.6) is 5.75 Å². The highest BCUT2D eigenvalue weighted by molar-refractivity contribution is 7.17. The van der Waals surface area contributed by atoms with Gasteiger partial charge in [0.25, 0.3) is 5.91 Å².